The summed E-state index contributed by atoms with van der Waals surface area (Å²) in [5.41, 5.74) is 0. The third-order valence-corrected chi connectivity index (χ3v) is 3.68. The number of piperidine rings is 1. The molecule has 0 atom stereocenters. The number of nitrogens with zero attached hydrogens (tertiary/aromatic N) is 1. The molecule has 0 saturated carbocycles. The second kappa shape index (κ2) is 11.4. The fraction of sp³-hybridized carbons (Fsp3) is 0.933. The van der Waals surface area contributed by atoms with Gasteiger partial charge in [-0.2, -0.15) is 0 Å². The van der Waals surface area contributed by atoms with Crippen LogP contribution in [0, 0.1) is 11.8 Å². The number of hydrogen-bond donors (Lipinski definition) is 1. The van der Waals surface area contributed by atoms with Crippen LogP contribution in [-0.4, -0.2) is 50.7 Å². The molecule has 120 valence electrons. The highest BCUT2D eigenvalue weighted by atomic mass is 35.5. The summed E-state index contributed by atoms with van der Waals surface area (Å²) >= 11 is 0. The fourth-order valence-electron chi connectivity index (χ4n) is 2.46. The first-order chi connectivity index (χ1) is 9.13. The molecule has 1 N–H and O–H groups in total. The molecule has 1 saturated heterocycles. The summed E-state index contributed by atoms with van der Waals surface area (Å²) in [4.78, 5) is 14.0. The van der Waals surface area contributed by atoms with Gasteiger partial charge < -0.3 is 15.0 Å². The van der Waals surface area contributed by atoms with Gasteiger partial charge in [-0.25, -0.2) is 0 Å². The van der Waals surface area contributed by atoms with E-state index in [0.717, 1.165) is 45.0 Å². The van der Waals surface area contributed by atoms with Gasteiger partial charge in [0.2, 0.25) is 5.91 Å². The van der Waals surface area contributed by atoms with Gasteiger partial charge in [-0.1, -0.05) is 13.8 Å². The number of nitrogens with one attached hydrogen (secondary N) is 1. The number of hydrogen-bond acceptors (Lipinski definition) is 3. The molecule has 0 aromatic rings. The largest absolute Gasteiger partial charge is 0.381 e. The van der Waals surface area contributed by atoms with Crippen molar-refractivity contribution in [2.75, 3.05) is 39.9 Å². The first-order valence-corrected chi connectivity index (χ1v) is 7.63. The van der Waals surface area contributed by atoms with Crippen molar-refractivity contribution in [1.82, 2.24) is 10.2 Å². The van der Waals surface area contributed by atoms with Crippen molar-refractivity contribution in [3.8, 4) is 0 Å². The Hall–Kier alpha value is -0.320. The van der Waals surface area contributed by atoms with Gasteiger partial charge in [-0.3, -0.25) is 4.79 Å². The summed E-state index contributed by atoms with van der Waals surface area (Å²) in [5.74, 6) is 1.59. The maximum absolute atomic E-state index is 12.0. The molecule has 0 spiro atoms. The molecular weight excluding hydrogens is 276 g/mol. The van der Waals surface area contributed by atoms with Gasteiger partial charge in [0, 0.05) is 19.7 Å². The van der Waals surface area contributed by atoms with Crippen molar-refractivity contribution in [3.05, 3.63) is 0 Å². The predicted octanol–water partition coefficient (Wildman–Crippen LogP) is 2.32. The molecule has 0 unspecified atom stereocenters. The molecule has 1 heterocycles. The maximum atomic E-state index is 12.0. The summed E-state index contributed by atoms with van der Waals surface area (Å²) in [6, 6.07) is 0. The predicted molar refractivity (Wildman–Crippen MR) is 85.4 cm³/mol. The van der Waals surface area contributed by atoms with Gasteiger partial charge in [-0.15, -0.1) is 12.4 Å². The van der Waals surface area contributed by atoms with Crippen LogP contribution in [0.2, 0.25) is 0 Å². The Morgan fingerprint density at radius 1 is 1.35 bits per heavy atom. The topological polar surface area (TPSA) is 41.6 Å². The van der Waals surface area contributed by atoms with E-state index < -0.39 is 0 Å². The van der Waals surface area contributed by atoms with Crippen molar-refractivity contribution >= 4 is 18.3 Å². The van der Waals surface area contributed by atoms with E-state index in [1.807, 2.05) is 11.9 Å². The molecular formula is C15H31ClN2O2. The highest BCUT2D eigenvalue weighted by Crippen LogP contribution is 2.20. The summed E-state index contributed by atoms with van der Waals surface area (Å²) in [5, 5.41) is 3.20. The lowest BCUT2D eigenvalue weighted by Crippen LogP contribution is -2.39. The number of ether oxygens (including phenoxy) is 1. The second-order valence-electron chi connectivity index (χ2n) is 5.94. The molecule has 5 heteroatoms. The van der Waals surface area contributed by atoms with Crippen molar-refractivity contribution in [1.29, 1.82) is 0 Å². The minimum absolute atomic E-state index is 0. The smallest absolute Gasteiger partial charge is 0.224 e. The van der Waals surface area contributed by atoms with Crippen molar-refractivity contribution in [2.24, 2.45) is 11.8 Å². The van der Waals surface area contributed by atoms with E-state index in [9.17, 15) is 4.79 Å². The zero-order valence-corrected chi connectivity index (χ0v) is 14.0. The summed E-state index contributed by atoms with van der Waals surface area (Å²) in [6.45, 7) is 8.50. The standard InChI is InChI=1S/C15H30N2O2.ClH/c1-13(2)12-19-11-7-15(18)17-9-5-14(6-10-17)4-8-16-3;/h13-14,16H,4-12H2,1-3H3;1H. The fourth-order valence-corrected chi connectivity index (χ4v) is 2.46. The monoisotopic (exact) mass is 306 g/mol. The number of carbonyl (C=O) groups is 1. The Morgan fingerprint density at radius 3 is 2.55 bits per heavy atom. The normalized spacial score (nSPS) is 16.3. The first-order valence-electron chi connectivity index (χ1n) is 7.63. The van der Waals surface area contributed by atoms with E-state index in [0.29, 0.717) is 18.9 Å². The molecule has 0 aromatic carbocycles. The van der Waals surface area contributed by atoms with Crippen LogP contribution < -0.4 is 5.32 Å². The van der Waals surface area contributed by atoms with Crippen LogP contribution in [0.5, 0.6) is 0 Å². The Bertz CT molecular complexity index is 254. The van der Waals surface area contributed by atoms with Crippen LogP contribution in [0.3, 0.4) is 0 Å². The summed E-state index contributed by atoms with van der Waals surface area (Å²) in [7, 11) is 2.00. The molecule has 20 heavy (non-hydrogen) atoms. The summed E-state index contributed by atoms with van der Waals surface area (Å²) < 4.78 is 5.48. The SMILES string of the molecule is CNCCC1CCN(C(=O)CCOCC(C)C)CC1.Cl. The van der Waals surface area contributed by atoms with Gasteiger partial charge in [0.1, 0.15) is 0 Å². The van der Waals surface area contributed by atoms with Gasteiger partial charge in [-0.05, 0) is 44.7 Å². The molecule has 1 amide bonds. The van der Waals surface area contributed by atoms with Crippen LogP contribution >= 0.6 is 12.4 Å². The molecule has 0 aliphatic carbocycles. The van der Waals surface area contributed by atoms with Crippen LogP contribution in [0.1, 0.15) is 39.5 Å². The van der Waals surface area contributed by atoms with E-state index in [1.165, 1.54) is 6.42 Å². The molecule has 1 rings (SSSR count). The lowest BCUT2D eigenvalue weighted by Gasteiger charge is -2.32. The highest BCUT2D eigenvalue weighted by molar-refractivity contribution is 5.85. The van der Waals surface area contributed by atoms with Crippen LogP contribution in [-0.2, 0) is 9.53 Å². The molecule has 1 aliphatic heterocycles. The molecule has 0 bridgehead atoms. The minimum atomic E-state index is 0. The molecule has 1 fully saturated rings. The van der Waals surface area contributed by atoms with Crippen molar-refractivity contribution < 1.29 is 9.53 Å². The number of rotatable bonds is 8. The number of carbonyl (C=O) groups excluding carboxylic acids is 1. The zero-order valence-electron chi connectivity index (χ0n) is 13.2. The molecule has 4 nitrogen and oxygen atoms in total. The zero-order chi connectivity index (χ0) is 14.1. The Morgan fingerprint density at radius 2 is 2.00 bits per heavy atom. The van der Waals surface area contributed by atoms with Crippen molar-refractivity contribution in [3.63, 3.8) is 0 Å². The van der Waals surface area contributed by atoms with Gasteiger partial charge in [0.15, 0.2) is 0 Å². The first kappa shape index (κ1) is 19.7. The van der Waals surface area contributed by atoms with Gasteiger partial charge in [0.05, 0.1) is 13.0 Å². The van der Waals surface area contributed by atoms with Crippen LogP contribution in [0.25, 0.3) is 0 Å². The molecule has 0 aromatic heterocycles. The van der Waals surface area contributed by atoms with Gasteiger partial charge in [0.25, 0.3) is 0 Å². The average molecular weight is 307 g/mol. The maximum Gasteiger partial charge on any atom is 0.224 e. The Kier molecular flexibility index (Phi) is 11.2. The van der Waals surface area contributed by atoms with E-state index in [4.69, 9.17) is 4.74 Å². The third-order valence-electron chi connectivity index (χ3n) is 3.68. The Labute approximate surface area is 130 Å². The quantitative estimate of drug-likeness (QED) is 0.700. The van der Waals surface area contributed by atoms with Crippen LogP contribution in [0.4, 0.5) is 0 Å². The molecule has 1 aliphatic rings. The van der Waals surface area contributed by atoms with E-state index in [2.05, 4.69) is 19.2 Å². The minimum Gasteiger partial charge on any atom is -0.381 e. The van der Waals surface area contributed by atoms with E-state index in [1.54, 1.807) is 0 Å². The van der Waals surface area contributed by atoms with Crippen LogP contribution in [0.15, 0.2) is 0 Å². The molecule has 0 radical (unpaired) electrons. The Balaban J connectivity index is 0.00000361. The number of amides is 1. The van der Waals surface area contributed by atoms with Crippen molar-refractivity contribution in [2.45, 2.75) is 39.5 Å². The number of likely N-dealkylation sites (tertiary alicyclic amines) is 1. The summed E-state index contributed by atoms with van der Waals surface area (Å²) in [6.07, 6.45) is 4.07. The lowest BCUT2D eigenvalue weighted by molar-refractivity contribution is -0.133. The highest BCUT2D eigenvalue weighted by Gasteiger charge is 2.21. The lowest BCUT2D eigenvalue weighted by atomic mass is 9.93. The van der Waals surface area contributed by atoms with E-state index in [-0.39, 0.29) is 18.3 Å². The van der Waals surface area contributed by atoms with Gasteiger partial charge >= 0.3 is 0 Å². The second-order valence-corrected chi connectivity index (χ2v) is 5.94. The third kappa shape index (κ3) is 8.08. The number of halogens is 1. The van der Waals surface area contributed by atoms with E-state index >= 15 is 0 Å². The average Bonchev–Trinajstić information content (AvgIpc) is 2.41.